The van der Waals surface area contributed by atoms with Crippen molar-refractivity contribution >= 4 is 16.5 Å². The standard InChI is InChI=1S/C11H11N/c1-12-11-7-6-9-4-2-3-5-10(9)8-11/h2-8H,1,12H2. The molecule has 0 radical (unpaired) electrons. The van der Waals surface area contributed by atoms with Gasteiger partial charge in [-0.2, -0.15) is 0 Å². The Kier molecular flexibility index (Phi) is 1.80. The van der Waals surface area contributed by atoms with E-state index < -0.39 is 0 Å². The Hall–Kier alpha value is -1.34. The maximum Gasteiger partial charge on any atom is 0.104 e. The van der Waals surface area contributed by atoms with Crippen LogP contribution in [0.2, 0.25) is 0 Å². The molecule has 0 bridgehead atoms. The van der Waals surface area contributed by atoms with Crippen LogP contribution < -0.4 is 5.32 Å². The van der Waals surface area contributed by atoms with E-state index in [1.807, 2.05) is 5.32 Å². The van der Waals surface area contributed by atoms with Crippen LogP contribution in [-0.2, 0) is 0 Å². The molecule has 0 fully saturated rings. The van der Waals surface area contributed by atoms with Crippen molar-refractivity contribution in [2.75, 3.05) is 0 Å². The predicted octanol–water partition coefficient (Wildman–Crippen LogP) is 1.83. The zero-order chi connectivity index (χ0) is 8.39. The van der Waals surface area contributed by atoms with Crippen molar-refractivity contribution in [2.24, 2.45) is 0 Å². The van der Waals surface area contributed by atoms with Crippen LogP contribution in [0.25, 0.3) is 10.8 Å². The summed E-state index contributed by atoms with van der Waals surface area (Å²) in [6, 6.07) is 14.7. The third-order valence-electron chi connectivity index (χ3n) is 2.01. The van der Waals surface area contributed by atoms with Gasteiger partial charge in [0.15, 0.2) is 0 Å². The summed E-state index contributed by atoms with van der Waals surface area (Å²) in [5.74, 6) is 0. The molecular weight excluding hydrogens is 146 g/mol. The fourth-order valence-corrected chi connectivity index (χ4v) is 1.33. The van der Waals surface area contributed by atoms with E-state index in [1.54, 1.807) is 0 Å². The molecule has 1 heteroatoms. The van der Waals surface area contributed by atoms with Gasteiger partial charge in [0.25, 0.3) is 0 Å². The van der Waals surface area contributed by atoms with E-state index in [1.165, 1.54) is 16.5 Å². The van der Waals surface area contributed by atoms with Crippen LogP contribution in [0.15, 0.2) is 42.5 Å². The molecule has 0 unspecified atom stereocenters. The van der Waals surface area contributed by atoms with Gasteiger partial charge in [0.2, 0.25) is 0 Å². The first-order chi connectivity index (χ1) is 5.90. The van der Waals surface area contributed by atoms with E-state index in [9.17, 15) is 0 Å². The minimum atomic E-state index is 1.17. The van der Waals surface area contributed by atoms with E-state index in [4.69, 9.17) is 0 Å². The Balaban J connectivity index is 2.67. The third-order valence-corrected chi connectivity index (χ3v) is 2.01. The second-order valence-electron chi connectivity index (χ2n) is 2.81. The molecule has 2 rings (SSSR count). The van der Waals surface area contributed by atoms with Crippen molar-refractivity contribution in [3.05, 3.63) is 49.5 Å². The average molecular weight is 157 g/mol. The number of fused-ring (bicyclic) bond motifs is 1. The number of rotatable bonds is 1. The number of nitrogens with two attached hydrogens (primary N) is 1. The topological polar surface area (TPSA) is 16.6 Å². The van der Waals surface area contributed by atoms with Gasteiger partial charge in [-0.1, -0.05) is 24.3 Å². The van der Waals surface area contributed by atoms with Gasteiger partial charge >= 0.3 is 0 Å². The molecule has 2 aromatic carbocycles. The van der Waals surface area contributed by atoms with Crippen LogP contribution in [0, 0.1) is 7.05 Å². The van der Waals surface area contributed by atoms with Gasteiger partial charge in [-0.25, -0.2) is 0 Å². The molecule has 0 saturated carbocycles. The Morgan fingerprint density at radius 2 is 1.67 bits per heavy atom. The fraction of sp³-hybridized carbons (Fsp3) is 0. The third kappa shape index (κ3) is 1.19. The molecule has 0 heterocycles. The van der Waals surface area contributed by atoms with Crippen LogP contribution in [-0.4, -0.2) is 0 Å². The zero-order valence-electron chi connectivity index (χ0n) is 6.83. The normalized spacial score (nSPS) is 10.4. The molecule has 0 saturated heterocycles. The van der Waals surface area contributed by atoms with Gasteiger partial charge in [0, 0.05) is 6.07 Å². The molecule has 2 aromatic rings. The molecule has 0 aromatic heterocycles. The van der Waals surface area contributed by atoms with Crippen LogP contribution >= 0.6 is 0 Å². The molecule has 1 nitrogen and oxygen atoms in total. The Morgan fingerprint density at radius 3 is 2.42 bits per heavy atom. The molecule has 60 valence electrons. The predicted molar refractivity (Wildman–Crippen MR) is 50.9 cm³/mol. The highest BCUT2D eigenvalue weighted by Crippen LogP contribution is 2.15. The summed E-state index contributed by atoms with van der Waals surface area (Å²) >= 11 is 0. The molecule has 0 aliphatic heterocycles. The van der Waals surface area contributed by atoms with Crippen molar-refractivity contribution in [3.63, 3.8) is 0 Å². The summed E-state index contributed by atoms with van der Waals surface area (Å²) in [5.41, 5.74) is 1.17. The highest BCUT2D eigenvalue weighted by Gasteiger charge is 1.93. The lowest BCUT2D eigenvalue weighted by Gasteiger charge is -2.00. The van der Waals surface area contributed by atoms with Gasteiger partial charge in [-0.05, 0) is 22.9 Å². The summed E-state index contributed by atoms with van der Waals surface area (Å²) in [7, 11) is 3.74. The summed E-state index contributed by atoms with van der Waals surface area (Å²) in [6.07, 6.45) is 0. The molecule has 0 aliphatic rings. The lowest BCUT2D eigenvalue weighted by atomic mass is 10.1. The maximum absolute atomic E-state index is 3.74. The van der Waals surface area contributed by atoms with Crippen molar-refractivity contribution in [1.29, 1.82) is 0 Å². The first-order valence-corrected chi connectivity index (χ1v) is 4.01. The van der Waals surface area contributed by atoms with E-state index in [0.29, 0.717) is 0 Å². The summed E-state index contributed by atoms with van der Waals surface area (Å²) in [4.78, 5) is 0. The molecule has 2 N–H and O–H groups in total. The van der Waals surface area contributed by atoms with Crippen LogP contribution in [0.1, 0.15) is 0 Å². The van der Waals surface area contributed by atoms with Gasteiger partial charge in [0.1, 0.15) is 5.69 Å². The summed E-state index contributed by atoms with van der Waals surface area (Å²) in [5, 5.41) is 4.42. The smallest absolute Gasteiger partial charge is 0.104 e. The highest BCUT2D eigenvalue weighted by molar-refractivity contribution is 5.84. The quantitative estimate of drug-likeness (QED) is 0.480. The largest absolute Gasteiger partial charge is 0.446 e. The second kappa shape index (κ2) is 2.95. The van der Waals surface area contributed by atoms with E-state index >= 15 is 0 Å². The minimum absolute atomic E-state index is 1.17. The summed E-state index contributed by atoms with van der Waals surface area (Å²) < 4.78 is 0. The fourth-order valence-electron chi connectivity index (χ4n) is 1.33. The lowest BCUT2D eigenvalue weighted by Crippen LogP contribution is -2.69. The van der Waals surface area contributed by atoms with Crippen LogP contribution in [0.5, 0.6) is 0 Å². The van der Waals surface area contributed by atoms with E-state index in [-0.39, 0.29) is 0 Å². The van der Waals surface area contributed by atoms with Gasteiger partial charge in [-0.15, -0.1) is 7.05 Å². The average Bonchev–Trinajstić information content (AvgIpc) is 2.17. The van der Waals surface area contributed by atoms with Crippen LogP contribution in [0.4, 0.5) is 5.69 Å². The Bertz CT molecular complexity index is 393. The van der Waals surface area contributed by atoms with Gasteiger partial charge in [0.05, 0.1) is 0 Å². The van der Waals surface area contributed by atoms with Crippen molar-refractivity contribution < 1.29 is 5.32 Å². The molecular formula is C11H11N. The number of hydrogen-bond donors (Lipinski definition) is 1. The van der Waals surface area contributed by atoms with Crippen molar-refractivity contribution in [2.45, 2.75) is 0 Å². The highest BCUT2D eigenvalue weighted by atomic mass is 14.8. The minimum Gasteiger partial charge on any atom is -0.446 e. The SMILES string of the molecule is [CH2-][NH2+]c1ccc2ccccc2c1. The van der Waals surface area contributed by atoms with Crippen LogP contribution in [0.3, 0.4) is 0 Å². The first kappa shape index (κ1) is 7.32. The second-order valence-corrected chi connectivity index (χ2v) is 2.81. The molecule has 0 atom stereocenters. The van der Waals surface area contributed by atoms with E-state index in [2.05, 4.69) is 49.5 Å². The van der Waals surface area contributed by atoms with E-state index in [0.717, 1.165) is 0 Å². The number of benzene rings is 2. The zero-order valence-corrected chi connectivity index (χ0v) is 6.83. The summed E-state index contributed by atoms with van der Waals surface area (Å²) in [6.45, 7) is 0. The van der Waals surface area contributed by atoms with Gasteiger partial charge < -0.3 is 5.32 Å². The molecule has 0 aliphatic carbocycles. The molecule has 0 spiro atoms. The van der Waals surface area contributed by atoms with Crippen molar-refractivity contribution in [3.8, 4) is 0 Å². The monoisotopic (exact) mass is 157 g/mol. The number of hydrogen-bond acceptors (Lipinski definition) is 0. The molecule has 0 amide bonds. The Morgan fingerprint density at radius 1 is 0.917 bits per heavy atom. The first-order valence-electron chi connectivity index (χ1n) is 4.01. The molecule has 12 heavy (non-hydrogen) atoms. The van der Waals surface area contributed by atoms with Crippen molar-refractivity contribution in [1.82, 2.24) is 0 Å². The number of quaternary nitrogens is 1. The van der Waals surface area contributed by atoms with Gasteiger partial charge in [-0.3, -0.25) is 0 Å². The lowest BCUT2D eigenvalue weighted by molar-refractivity contribution is -0.504. The Labute approximate surface area is 72.0 Å². The maximum atomic E-state index is 3.74.